The zero-order valence-corrected chi connectivity index (χ0v) is 17.2. The number of carbonyl (C=O) groups excluding carboxylic acids is 2. The second-order valence-corrected chi connectivity index (χ2v) is 8.21. The van der Waals surface area contributed by atoms with Crippen LogP contribution in [-0.4, -0.2) is 40.9 Å². The number of carbonyl (C=O) groups is 2. The lowest BCUT2D eigenvalue weighted by molar-refractivity contribution is -0.119. The molecule has 0 unspecified atom stereocenters. The Balaban J connectivity index is 1.66. The SMILES string of the molecule is CCN(C(=O)Cn1c(C(=O)N2CCCC2)cc2sccc21)c1cccc(C)c1. The van der Waals surface area contributed by atoms with E-state index in [-0.39, 0.29) is 18.4 Å². The smallest absolute Gasteiger partial charge is 0.270 e. The fourth-order valence-electron chi connectivity index (χ4n) is 3.93. The summed E-state index contributed by atoms with van der Waals surface area (Å²) < 4.78 is 2.95. The number of hydrogen-bond donors (Lipinski definition) is 0. The van der Waals surface area contributed by atoms with Gasteiger partial charge in [-0.05, 0) is 61.9 Å². The largest absolute Gasteiger partial charge is 0.337 e. The average molecular weight is 396 g/mol. The van der Waals surface area contributed by atoms with Gasteiger partial charge in [-0.15, -0.1) is 11.3 Å². The summed E-state index contributed by atoms with van der Waals surface area (Å²) in [6.07, 6.45) is 2.10. The lowest BCUT2D eigenvalue weighted by Crippen LogP contribution is -2.35. The van der Waals surface area contributed by atoms with Crippen LogP contribution in [0.1, 0.15) is 35.8 Å². The highest BCUT2D eigenvalue weighted by molar-refractivity contribution is 7.17. The molecule has 3 aromatic rings. The van der Waals surface area contributed by atoms with E-state index in [1.165, 1.54) is 0 Å². The van der Waals surface area contributed by atoms with Crippen LogP contribution in [0.25, 0.3) is 10.2 Å². The summed E-state index contributed by atoms with van der Waals surface area (Å²) in [4.78, 5) is 29.9. The Labute approximate surface area is 169 Å². The fourth-order valence-corrected chi connectivity index (χ4v) is 4.75. The van der Waals surface area contributed by atoms with Gasteiger partial charge in [0.15, 0.2) is 0 Å². The molecular formula is C22H25N3O2S. The zero-order valence-electron chi connectivity index (χ0n) is 16.4. The number of likely N-dealkylation sites (N-methyl/N-ethyl adjacent to an activating group) is 1. The van der Waals surface area contributed by atoms with Crippen molar-refractivity contribution in [3.63, 3.8) is 0 Å². The Morgan fingerprint density at radius 1 is 1.14 bits per heavy atom. The Bertz CT molecular complexity index is 1010. The van der Waals surface area contributed by atoms with Crippen LogP contribution in [0, 0.1) is 6.92 Å². The van der Waals surface area contributed by atoms with Crippen LogP contribution >= 0.6 is 11.3 Å². The minimum atomic E-state index is -0.00716. The van der Waals surface area contributed by atoms with Crippen LogP contribution in [0.4, 0.5) is 5.69 Å². The van der Waals surface area contributed by atoms with Gasteiger partial charge >= 0.3 is 0 Å². The molecule has 0 saturated carbocycles. The summed E-state index contributed by atoms with van der Waals surface area (Å²) in [5.74, 6) is 0.0274. The van der Waals surface area contributed by atoms with E-state index in [4.69, 9.17) is 0 Å². The predicted octanol–water partition coefficient (Wildman–Crippen LogP) is 4.30. The summed E-state index contributed by atoms with van der Waals surface area (Å²) in [6, 6.07) is 11.9. The summed E-state index contributed by atoms with van der Waals surface area (Å²) in [5, 5.41) is 2.01. The maximum absolute atomic E-state index is 13.2. The molecule has 1 aliphatic heterocycles. The number of benzene rings is 1. The third-order valence-electron chi connectivity index (χ3n) is 5.36. The van der Waals surface area contributed by atoms with Crippen LogP contribution in [0.3, 0.4) is 0 Å². The molecule has 2 aromatic heterocycles. The molecule has 0 radical (unpaired) electrons. The third-order valence-corrected chi connectivity index (χ3v) is 6.21. The standard InChI is InChI=1S/C22H25N3O2S/c1-3-24(17-8-6-7-16(2)13-17)21(26)15-25-18-9-12-28-20(18)14-19(25)22(27)23-10-4-5-11-23/h6-9,12-14H,3-5,10-11,15H2,1-2H3. The molecule has 0 N–H and O–H groups in total. The van der Waals surface area contributed by atoms with Crippen molar-refractivity contribution in [1.29, 1.82) is 0 Å². The molecule has 0 bridgehead atoms. The first-order valence-corrected chi connectivity index (χ1v) is 10.7. The van der Waals surface area contributed by atoms with E-state index in [9.17, 15) is 9.59 Å². The van der Waals surface area contributed by atoms with E-state index in [1.54, 1.807) is 16.2 Å². The first-order chi connectivity index (χ1) is 13.6. The Hall–Kier alpha value is -2.60. The number of fused-ring (bicyclic) bond motifs is 1. The van der Waals surface area contributed by atoms with Gasteiger partial charge in [-0.3, -0.25) is 9.59 Å². The molecule has 28 heavy (non-hydrogen) atoms. The van der Waals surface area contributed by atoms with Gasteiger partial charge in [0, 0.05) is 25.3 Å². The van der Waals surface area contributed by atoms with Gasteiger partial charge in [0.2, 0.25) is 5.91 Å². The van der Waals surface area contributed by atoms with Crippen molar-refractivity contribution in [3.05, 3.63) is 53.0 Å². The lowest BCUT2D eigenvalue weighted by atomic mass is 10.2. The second kappa shape index (κ2) is 7.80. The molecule has 1 aromatic carbocycles. The quantitative estimate of drug-likeness (QED) is 0.647. The number of rotatable bonds is 5. The number of likely N-dealkylation sites (tertiary alicyclic amines) is 1. The molecule has 1 fully saturated rings. The molecule has 1 aliphatic rings. The minimum absolute atomic E-state index is 0.00716. The van der Waals surface area contributed by atoms with E-state index < -0.39 is 0 Å². The van der Waals surface area contributed by atoms with E-state index >= 15 is 0 Å². The molecule has 0 aliphatic carbocycles. The molecule has 1 saturated heterocycles. The Morgan fingerprint density at radius 3 is 2.64 bits per heavy atom. The number of hydrogen-bond acceptors (Lipinski definition) is 3. The number of aromatic nitrogens is 1. The Kier molecular flexibility index (Phi) is 5.22. The highest BCUT2D eigenvalue weighted by Crippen LogP contribution is 2.27. The minimum Gasteiger partial charge on any atom is -0.337 e. The van der Waals surface area contributed by atoms with E-state index in [2.05, 4.69) is 0 Å². The normalized spacial score (nSPS) is 14.0. The first kappa shape index (κ1) is 18.7. The summed E-state index contributed by atoms with van der Waals surface area (Å²) in [7, 11) is 0. The average Bonchev–Trinajstić information content (AvgIpc) is 3.41. The van der Waals surface area contributed by atoms with Crippen molar-refractivity contribution in [2.24, 2.45) is 0 Å². The number of anilines is 1. The molecule has 4 rings (SSSR count). The van der Waals surface area contributed by atoms with Crippen LogP contribution in [0.15, 0.2) is 41.8 Å². The fraction of sp³-hybridized carbons (Fsp3) is 0.364. The van der Waals surface area contributed by atoms with Gasteiger partial charge in [0.1, 0.15) is 12.2 Å². The second-order valence-electron chi connectivity index (χ2n) is 7.26. The molecule has 0 atom stereocenters. The van der Waals surface area contributed by atoms with Gasteiger partial charge in [0.25, 0.3) is 5.91 Å². The van der Waals surface area contributed by atoms with Gasteiger partial charge in [-0.1, -0.05) is 12.1 Å². The molecule has 2 amide bonds. The van der Waals surface area contributed by atoms with Gasteiger partial charge in [-0.2, -0.15) is 0 Å². The van der Waals surface area contributed by atoms with Crippen LogP contribution in [0.2, 0.25) is 0 Å². The molecule has 6 heteroatoms. The lowest BCUT2D eigenvalue weighted by Gasteiger charge is -2.23. The Morgan fingerprint density at radius 2 is 1.93 bits per heavy atom. The van der Waals surface area contributed by atoms with Crippen LogP contribution < -0.4 is 4.90 Å². The molecular weight excluding hydrogens is 370 g/mol. The molecule has 3 heterocycles. The van der Waals surface area contributed by atoms with Gasteiger partial charge < -0.3 is 14.4 Å². The molecule has 146 valence electrons. The number of thiophene rings is 1. The van der Waals surface area contributed by atoms with E-state index in [0.717, 1.165) is 47.4 Å². The number of nitrogens with zero attached hydrogens (tertiary/aromatic N) is 3. The van der Waals surface area contributed by atoms with Crippen LogP contribution in [0.5, 0.6) is 0 Å². The van der Waals surface area contributed by atoms with Crippen molar-refractivity contribution in [1.82, 2.24) is 9.47 Å². The van der Waals surface area contributed by atoms with Gasteiger partial charge in [0.05, 0.1) is 10.2 Å². The number of aryl methyl sites for hydroxylation is 1. The predicted molar refractivity (Wildman–Crippen MR) is 114 cm³/mol. The molecule has 5 nitrogen and oxygen atoms in total. The van der Waals surface area contributed by atoms with Crippen molar-refractivity contribution in [2.45, 2.75) is 33.2 Å². The topological polar surface area (TPSA) is 45.6 Å². The van der Waals surface area contributed by atoms with E-state index in [1.807, 2.05) is 65.1 Å². The highest BCUT2D eigenvalue weighted by Gasteiger charge is 2.26. The monoisotopic (exact) mass is 395 g/mol. The van der Waals surface area contributed by atoms with Crippen molar-refractivity contribution < 1.29 is 9.59 Å². The van der Waals surface area contributed by atoms with Crippen molar-refractivity contribution in [3.8, 4) is 0 Å². The first-order valence-electron chi connectivity index (χ1n) is 9.81. The third kappa shape index (κ3) is 3.44. The summed E-state index contributed by atoms with van der Waals surface area (Å²) in [5.41, 5.74) is 3.60. The van der Waals surface area contributed by atoms with Gasteiger partial charge in [-0.25, -0.2) is 0 Å². The van der Waals surface area contributed by atoms with Crippen molar-refractivity contribution >= 4 is 39.1 Å². The summed E-state index contributed by atoms with van der Waals surface area (Å²) in [6.45, 7) is 6.36. The van der Waals surface area contributed by atoms with Crippen molar-refractivity contribution in [2.75, 3.05) is 24.5 Å². The maximum atomic E-state index is 13.2. The summed E-state index contributed by atoms with van der Waals surface area (Å²) >= 11 is 1.61. The van der Waals surface area contributed by atoms with E-state index in [0.29, 0.717) is 12.2 Å². The maximum Gasteiger partial charge on any atom is 0.270 e. The molecule has 0 spiro atoms. The highest BCUT2D eigenvalue weighted by atomic mass is 32.1. The zero-order chi connectivity index (χ0) is 19.7. The van der Waals surface area contributed by atoms with Crippen LogP contribution in [-0.2, 0) is 11.3 Å². The number of amides is 2.